The van der Waals surface area contributed by atoms with Gasteiger partial charge in [-0.3, -0.25) is 0 Å². The molecule has 4 atom stereocenters. The van der Waals surface area contributed by atoms with Gasteiger partial charge in [-0.15, -0.1) is 0 Å². The summed E-state index contributed by atoms with van der Waals surface area (Å²) in [6, 6.07) is 6.82. The summed E-state index contributed by atoms with van der Waals surface area (Å²) in [5.74, 6) is 0.602. The summed E-state index contributed by atoms with van der Waals surface area (Å²) < 4.78 is 111. The van der Waals surface area contributed by atoms with Crippen molar-refractivity contribution in [2.75, 3.05) is 52.2 Å². The van der Waals surface area contributed by atoms with Gasteiger partial charge in [-0.2, -0.15) is 0 Å². The maximum Gasteiger partial charge on any atom is 0.192 e. The van der Waals surface area contributed by atoms with Gasteiger partial charge in [0, 0.05) is 26.1 Å². The summed E-state index contributed by atoms with van der Waals surface area (Å²) in [5.41, 5.74) is 1.28. The summed E-state index contributed by atoms with van der Waals surface area (Å²) in [4.78, 5) is 0.102. The van der Waals surface area contributed by atoms with Crippen molar-refractivity contribution in [2.24, 2.45) is 0 Å². The molecular weight excluding hydrogens is 857 g/mol. The van der Waals surface area contributed by atoms with Crippen LogP contribution in [0.1, 0.15) is 117 Å². The van der Waals surface area contributed by atoms with Gasteiger partial charge < -0.3 is 42.0 Å². The lowest BCUT2D eigenvalue weighted by Crippen LogP contribution is -2.41. The van der Waals surface area contributed by atoms with E-state index in [0.29, 0.717) is 74.4 Å². The normalized spacial score (nSPS) is 20.6. The topological polar surface area (TPSA) is 151 Å². The molecule has 0 unspecified atom stereocenters. The maximum absolute atomic E-state index is 14.0. The van der Waals surface area contributed by atoms with Crippen LogP contribution in [0, 0.1) is 0 Å². The Morgan fingerprint density at radius 2 is 0.951 bits per heavy atom. The first-order valence-corrected chi connectivity index (χ1v) is 30.8. The van der Waals surface area contributed by atoms with Crippen molar-refractivity contribution in [3.05, 3.63) is 35.4 Å². The molecule has 2 heterocycles. The van der Waals surface area contributed by atoms with E-state index in [1.807, 2.05) is 13.8 Å². The number of methoxy groups -OCH3 is 2. The Balaban J connectivity index is 1.51. The van der Waals surface area contributed by atoms with E-state index in [2.05, 4.69) is 67.7 Å². The summed E-state index contributed by atoms with van der Waals surface area (Å²) in [6.07, 6.45) is 1.43. The molecule has 61 heavy (non-hydrogen) atoms. The summed E-state index contributed by atoms with van der Waals surface area (Å²) in [6.45, 7) is 25.8. The van der Waals surface area contributed by atoms with Crippen LogP contribution in [0.25, 0.3) is 0 Å². The van der Waals surface area contributed by atoms with E-state index >= 15 is 0 Å². The van der Waals surface area contributed by atoms with E-state index < -0.39 is 61.1 Å². The second kappa shape index (κ2) is 20.7. The molecule has 348 valence electrons. The highest BCUT2D eigenvalue weighted by molar-refractivity contribution is 7.91. The molecule has 13 nitrogen and oxygen atoms in total. The van der Waals surface area contributed by atoms with Crippen LogP contribution in [0.5, 0.6) is 23.0 Å². The summed E-state index contributed by atoms with van der Waals surface area (Å²) in [7, 11) is -9.07. The van der Waals surface area contributed by atoms with E-state index in [1.165, 1.54) is 14.2 Å². The zero-order valence-electron chi connectivity index (χ0n) is 39.2. The van der Waals surface area contributed by atoms with E-state index in [9.17, 15) is 16.8 Å². The summed E-state index contributed by atoms with van der Waals surface area (Å²) >= 11 is 0. The van der Waals surface area contributed by atoms with Crippen molar-refractivity contribution in [3.8, 4) is 23.0 Å². The van der Waals surface area contributed by atoms with Gasteiger partial charge >= 0.3 is 0 Å². The smallest absolute Gasteiger partial charge is 0.192 e. The average molecular weight is 931 g/mol. The van der Waals surface area contributed by atoms with Crippen molar-refractivity contribution in [3.63, 3.8) is 0 Å². The fourth-order valence-electron chi connectivity index (χ4n) is 6.56. The van der Waals surface area contributed by atoms with Crippen molar-refractivity contribution in [1.82, 2.24) is 0 Å². The molecule has 0 bridgehead atoms. The largest absolute Gasteiger partial charge is 0.493 e. The van der Waals surface area contributed by atoms with Crippen molar-refractivity contribution in [1.29, 1.82) is 0 Å². The van der Waals surface area contributed by atoms with Crippen LogP contribution in [0.4, 0.5) is 0 Å². The van der Waals surface area contributed by atoms with Crippen LogP contribution in [0.3, 0.4) is 0 Å². The lowest BCUT2D eigenvalue weighted by Gasteiger charge is -2.36. The Labute approximate surface area is 368 Å². The number of benzene rings is 2. The third-order valence-corrected chi connectivity index (χ3v) is 24.8. The van der Waals surface area contributed by atoms with Gasteiger partial charge in [0.2, 0.25) is 0 Å². The molecule has 0 aliphatic carbocycles. The van der Waals surface area contributed by atoms with Gasteiger partial charge in [-0.1, -0.05) is 55.4 Å². The minimum atomic E-state index is -3.85. The first-order chi connectivity index (χ1) is 28.3. The average Bonchev–Trinajstić information content (AvgIpc) is 3.84. The van der Waals surface area contributed by atoms with Crippen molar-refractivity contribution < 1.29 is 58.8 Å². The van der Waals surface area contributed by atoms with Crippen LogP contribution >= 0.6 is 0 Å². The third-order valence-electron chi connectivity index (χ3n) is 12.3. The van der Waals surface area contributed by atoms with Crippen LogP contribution in [-0.2, 0) is 42.7 Å². The predicted molar refractivity (Wildman–Crippen MR) is 243 cm³/mol. The molecule has 2 aliphatic heterocycles. The van der Waals surface area contributed by atoms with Crippen LogP contribution in [0.2, 0.25) is 36.3 Å². The minimum Gasteiger partial charge on any atom is -0.493 e. The Kier molecular flexibility index (Phi) is 17.5. The predicted octanol–water partition coefficient (Wildman–Crippen LogP) is 9.94. The molecule has 0 saturated carbocycles. The molecule has 17 heteroatoms. The highest BCUT2D eigenvalue weighted by Gasteiger charge is 2.40. The van der Waals surface area contributed by atoms with Crippen molar-refractivity contribution in [2.45, 2.75) is 165 Å². The highest BCUT2D eigenvalue weighted by atomic mass is 32.2. The van der Waals surface area contributed by atoms with E-state index in [4.69, 9.17) is 42.0 Å². The first kappa shape index (κ1) is 51.4. The summed E-state index contributed by atoms with van der Waals surface area (Å²) in [5, 5.41) is -0.123. The number of hydrogen-bond donors (Lipinski definition) is 0. The van der Waals surface area contributed by atoms with E-state index in [-0.39, 0.29) is 56.1 Å². The maximum atomic E-state index is 14.0. The standard InChI is InChI=1S/C44H74O13S2Si2/c1-15-21-51-41-35(49-9)27-31(29-37(41)58(45,46)25-23-53-60(11,12)43(3,4)5)33-17-19-39(55-33)57-40-20-18-34(56-40)32-28-36(50-10)42(52-22-16-2)38(30-32)59(47,48)26-24-54-61(13,14)44(6,7)8/h27-30,33-34,39-40H,15-26H2,1-14H3/t33-,34-,39-,40-/m0/s1. The quantitative estimate of drug-likeness (QED) is 0.103. The first-order valence-electron chi connectivity index (χ1n) is 21.7. The fourth-order valence-corrected chi connectivity index (χ4v) is 11.5. The molecule has 0 N–H and O–H groups in total. The molecule has 2 aliphatic rings. The third kappa shape index (κ3) is 13.0. The van der Waals surface area contributed by atoms with Gasteiger partial charge in [0.25, 0.3) is 0 Å². The Bertz CT molecular complexity index is 1850. The zero-order valence-corrected chi connectivity index (χ0v) is 42.9. The minimum absolute atomic E-state index is 0.0510. The van der Waals surface area contributed by atoms with Gasteiger partial charge in [0.05, 0.1) is 51.1 Å². The molecule has 0 amide bonds. The highest BCUT2D eigenvalue weighted by Crippen LogP contribution is 2.46. The second-order valence-corrected chi connectivity index (χ2v) is 32.8. The van der Waals surface area contributed by atoms with Gasteiger partial charge in [0.1, 0.15) is 9.79 Å². The molecule has 2 fully saturated rings. The fraction of sp³-hybridized carbons (Fsp3) is 0.727. The number of rotatable bonds is 22. The number of ether oxygens (including phenoxy) is 7. The Morgan fingerprint density at radius 3 is 1.26 bits per heavy atom. The molecule has 4 rings (SSSR count). The molecule has 2 aromatic rings. The molecule has 2 saturated heterocycles. The molecular formula is C44H74O13S2Si2. The Hall–Kier alpha value is -2.23. The second-order valence-electron chi connectivity index (χ2n) is 19.1. The van der Waals surface area contributed by atoms with Crippen molar-refractivity contribution >= 4 is 36.3 Å². The van der Waals surface area contributed by atoms with Gasteiger partial charge in [-0.25, -0.2) is 16.8 Å². The van der Waals surface area contributed by atoms with E-state index in [1.54, 1.807) is 24.3 Å². The van der Waals surface area contributed by atoms with Gasteiger partial charge in [0.15, 0.2) is 71.9 Å². The monoisotopic (exact) mass is 930 g/mol. The lowest BCUT2D eigenvalue weighted by atomic mass is 10.1. The lowest BCUT2D eigenvalue weighted by molar-refractivity contribution is -0.234. The molecule has 0 radical (unpaired) electrons. The molecule has 0 spiro atoms. The van der Waals surface area contributed by atoms with Crippen LogP contribution in [0.15, 0.2) is 34.1 Å². The Morgan fingerprint density at radius 1 is 0.590 bits per heavy atom. The van der Waals surface area contributed by atoms with E-state index in [0.717, 1.165) is 0 Å². The van der Waals surface area contributed by atoms with Crippen LogP contribution < -0.4 is 18.9 Å². The number of hydrogen-bond acceptors (Lipinski definition) is 13. The van der Waals surface area contributed by atoms with Gasteiger partial charge in [-0.05, 0) is 97.3 Å². The number of sulfone groups is 2. The molecule has 0 aromatic heterocycles. The molecule has 2 aromatic carbocycles. The zero-order chi connectivity index (χ0) is 45.6. The SMILES string of the molecule is CCCOc1c(OC)cc([C@@H]2CC[C@H](O[C@H]3CC[C@@H](c4cc(OC)c(OCCC)c(S(=O)(=O)CCO[Si](C)(C)C(C)(C)C)c4)O3)O2)cc1S(=O)(=O)CCO[Si](C)(C)C(C)(C)C. The van der Waals surface area contributed by atoms with Crippen LogP contribution in [-0.4, -0.2) is 98.2 Å².